The molecule has 3 rings (SSSR count). The van der Waals surface area contributed by atoms with Crippen LogP contribution in [-0.2, 0) is 11.2 Å². The predicted octanol–water partition coefficient (Wildman–Crippen LogP) is 3.18. The van der Waals surface area contributed by atoms with Crippen molar-refractivity contribution in [1.82, 2.24) is 0 Å². The van der Waals surface area contributed by atoms with E-state index in [-0.39, 0.29) is 12.3 Å². The van der Waals surface area contributed by atoms with Gasteiger partial charge in [-0.05, 0) is 67.6 Å². The fourth-order valence-corrected chi connectivity index (χ4v) is 3.22. The van der Waals surface area contributed by atoms with Crippen LogP contribution in [0.25, 0.3) is 0 Å². The van der Waals surface area contributed by atoms with E-state index < -0.39 is 11.6 Å². The molecule has 4 N–H and O–H groups in total. The van der Waals surface area contributed by atoms with Crippen LogP contribution in [0.2, 0.25) is 0 Å². The Balaban J connectivity index is 1.67. The van der Waals surface area contributed by atoms with Crippen LogP contribution in [0.4, 0.5) is 5.69 Å². The Kier molecular flexibility index (Phi) is 5.63. The van der Waals surface area contributed by atoms with Crippen molar-refractivity contribution >= 4 is 23.8 Å². The van der Waals surface area contributed by atoms with Crippen LogP contribution in [-0.4, -0.2) is 28.8 Å². The highest BCUT2D eigenvalue weighted by molar-refractivity contribution is 6.04. The number of aliphatic carboxylic acids is 1. The van der Waals surface area contributed by atoms with Gasteiger partial charge in [0.2, 0.25) is 0 Å². The number of ether oxygens (including phenoxy) is 1. The number of carbonyl (C=O) groups excluding carboxylic acids is 1. The van der Waals surface area contributed by atoms with Crippen LogP contribution in [0.15, 0.2) is 47.6 Å². The van der Waals surface area contributed by atoms with Gasteiger partial charge in [-0.1, -0.05) is 12.1 Å². The number of carboxylic acids is 1. The molecule has 0 aliphatic carbocycles. The molecule has 0 bridgehead atoms. The molecule has 0 fully saturated rings. The van der Waals surface area contributed by atoms with Crippen LogP contribution in [0, 0.1) is 0 Å². The molecule has 1 aliphatic rings. The third-order valence-electron chi connectivity index (χ3n) is 4.86. The maximum absolute atomic E-state index is 12.4. The number of nitrogens with two attached hydrogens (primary N) is 1. The Morgan fingerprint density at radius 1 is 1.29 bits per heavy atom. The first-order chi connectivity index (χ1) is 13.4. The van der Waals surface area contributed by atoms with Crippen molar-refractivity contribution in [3.63, 3.8) is 0 Å². The van der Waals surface area contributed by atoms with Crippen molar-refractivity contribution in [2.45, 2.75) is 38.2 Å². The number of hydrogen-bond donors (Lipinski definition) is 3. The van der Waals surface area contributed by atoms with Crippen molar-refractivity contribution in [2.75, 3.05) is 5.32 Å². The van der Waals surface area contributed by atoms with Gasteiger partial charge in [-0.15, -0.1) is 0 Å². The summed E-state index contributed by atoms with van der Waals surface area (Å²) in [4.78, 5) is 23.3. The average molecular weight is 381 g/mol. The van der Waals surface area contributed by atoms with E-state index in [2.05, 4.69) is 10.4 Å². The fraction of sp³-hybridized carbons (Fsp3) is 0.286. The van der Waals surface area contributed by atoms with Crippen molar-refractivity contribution in [3.8, 4) is 5.75 Å². The van der Waals surface area contributed by atoms with E-state index >= 15 is 0 Å². The first-order valence-corrected chi connectivity index (χ1v) is 9.07. The van der Waals surface area contributed by atoms with Crippen molar-refractivity contribution in [3.05, 3.63) is 59.2 Å². The van der Waals surface area contributed by atoms with E-state index in [1.807, 2.05) is 19.1 Å². The minimum absolute atomic E-state index is 0.0793. The number of nitrogens with one attached hydrogen (secondary N) is 1. The predicted molar refractivity (Wildman–Crippen MR) is 107 cm³/mol. The Morgan fingerprint density at radius 2 is 2.04 bits per heavy atom. The van der Waals surface area contributed by atoms with Crippen LogP contribution >= 0.6 is 0 Å². The summed E-state index contributed by atoms with van der Waals surface area (Å²) in [5.74, 6) is 4.82. The third-order valence-corrected chi connectivity index (χ3v) is 4.86. The number of amides is 1. The smallest absolute Gasteiger partial charge is 0.303 e. The number of carboxylic acid groups (broad SMARTS) is 1. The van der Waals surface area contributed by atoms with Gasteiger partial charge in [0.05, 0.1) is 6.21 Å². The number of nitrogens with zero attached hydrogens (tertiary/aromatic N) is 1. The second-order valence-corrected chi connectivity index (χ2v) is 7.12. The van der Waals surface area contributed by atoms with Gasteiger partial charge < -0.3 is 21.0 Å². The molecule has 1 amide bonds. The summed E-state index contributed by atoms with van der Waals surface area (Å²) in [6.45, 7) is 1.94. The summed E-state index contributed by atoms with van der Waals surface area (Å²) < 4.78 is 6.05. The SMILES string of the molecule is CC1(CCC(=O)O)CCc2cc(NC(=O)c3ccc(C=NN)cc3)ccc2O1. The highest BCUT2D eigenvalue weighted by atomic mass is 16.5. The number of anilines is 1. The van der Waals surface area contributed by atoms with Gasteiger partial charge >= 0.3 is 5.97 Å². The molecule has 2 aromatic carbocycles. The maximum atomic E-state index is 12.4. The molecule has 1 unspecified atom stereocenters. The minimum Gasteiger partial charge on any atom is -0.487 e. The summed E-state index contributed by atoms with van der Waals surface area (Å²) in [5.41, 5.74) is 2.56. The van der Waals surface area contributed by atoms with Gasteiger partial charge in [-0.2, -0.15) is 5.10 Å². The first-order valence-electron chi connectivity index (χ1n) is 9.07. The van der Waals surface area contributed by atoms with E-state index in [0.29, 0.717) is 17.7 Å². The van der Waals surface area contributed by atoms with Crippen LogP contribution in [0.1, 0.15) is 47.7 Å². The number of benzene rings is 2. The summed E-state index contributed by atoms with van der Waals surface area (Å²) in [6.07, 6.45) is 3.55. The summed E-state index contributed by atoms with van der Waals surface area (Å²) in [6, 6.07) is 12.5. The van der Waals surface area contributed by atoms with E-state index in [0.717, 1.165) is 29.7 Å². The van der Waals surface area contributed by atoms with Crippen molar-refractivity contribution < 1.29 is 19.4 Å². The van der Waals surface area contributed by atoms with E-state index in [9.17, 15) is 9.59 Å². The zero-order chi connectivity index (χ0) is 20.1. The Bertz CT molecular complexity index is 908. The first kappa shape index (κ1) is 19.4. The van der Waals surface area contributed by atoms with Crippen molar-refractivity contribution in [2.24, 2.45) is 10.9 Å². The molecule has 0 saturated heterocycles. The van der Waals surface area contributed by atoms with Gasteiger partial charge in [-0.25, -0.2) is 0 Å². The molecule has 28 heavy (non-hydrogen) atoms. The van der Waals surface area contributed by atoms with E-state index in [4.69, 9.17) is 15.7 Å². The number of hydrazone groups is 1. The standard InChI is InChI=1S/C21H23N3O4/c1-21(11-9-19(25)26)10-8-16-12-17(6-7-18(16)28-21)24-20(27)15-4-2-14(3-5-15)13-23-22/h2-7,12-13H,8-11,22H2,1H3,(H,24,27)(H,25,26). The lowest BCUT2D eigenvalue weighted by atomic mass is 9.88. The molecule has 1 aliphatic heterocycles. The highest BCUT2D eigenvalue weighted by Crippen LogP contribution is 2.37. The lowest BCUT2D eigenvalue weighted by Crippen LogP contribution is -2.36. The Hall–Kier alpha value is -3.35. The minimum atomic E-state index is -0.822. The lowest BCUT2D eigenvalue weighted by Gasteiger charge is -2.35. The van der Waals surface area contributed by atoms with Crippen LogP contribution in [0.5, 0.6) is 5.75 Å². The largest absolute Gasteiger partial charge is 0.487 e. The fourth-order valence-electron chi connectivity index (χ4n) is 3.22. The molecule has 1 atom stereocenters. The molecule has 7 heteroatoms. The monoisotopic (exact) mass is 381 g/mol. The Labute approximate surface area is 163 Å². The second kappa shape index (κ2) is 8.12. The van der Waals surface area contributed by atoms with Gasteiger partial charge in [0.1, 0.15) is 11.4 Å². The topological polar surface area (TPSA) is 114 Å². The third kappa shape index (κ3) is 4.68. The number of carbonyl (C=O) groups is 2. The molecule has 1 heterocycles. The van der Waals surface area contributed by atoms with E-state index in [1.165, 1.54) is 6.21 Å². The summed E-state index contributed by atoms with van der Waals surface area (Å²) >= 11 is 0. The average Bonchev–Trinajstić information content (AvgIpc) is 2.67. The molecule has 0 radical (unpaired) electrons. The quantitative estimate of drug-likeness (QED) is 0.404. The van der Waals surface area contributed by atoms with Gasteiger partial charge in [-0.3, -0.25) is 9.59 Å². The molecule has 0 saturated carbocycles. The molecule has 7 nitrogen and oxygen atoms in total. The number of hydrogen-bond acceptors (Lipinski definition) is 5. The number of fused-ring (bicyclic) bond motifs is 1. The molecule has 2 aromatic rings. The second-order valence-electron chi connectivity index (χ2n) is 7.12. The molecule has 0 spiro atoms. The van der Waals surface area contributed by atoms with Crippen LogP contribution in [0.3, 0.4) is 0 Å². The number of rotatable bonds is 6. The molecule has 146 valence electrons. The van der Waals surface area contributed by atoms with E-state index in [1.54, 1.807) is 30.3 Å². The van der Waals surface area contributed by atoms with Crippen LogP contribution < -0.4 is 15.9 Å². The highest BCUT2D eigenvalue weighted by Gasteiger charge is 2.32. The summed E-state index contributed by atoms with van der Waals surface area (Å²) in [7, 11) is 0. The van der Waals surface area contributed by atoms with Gasteiger partial charge in [0.15, 0.2) is 0 Å². The van der Waals surface area contributed by atoms with Crippen molar-refractivity contribution in [1.29, 1.82) is 0 Å². The lowest BCUT2D eigenvalue weighted by molar-refractivity contribution is -0.138. The molecular formula is C21H23N3O4. The maximum Gasteiger partial charge on any atom is 0.303 e. The zero-order valence-electron chi connectivity index (χ0n) is 15.6. The summed E-state index contributed by atoms with van der Waals surface area (Å²) in [5, 5.41) is 15.2. The zero-order valence-corrected chi connectivity index (χ0v) is 15.6. The van der Waals surface area contributed by atoms with Gasteiger partial charge in [0, 0.05) is 17.7 Å². The molecular weight excluding hydrogens is 358 g/mol. The van der Waals surface area contributed by atoms with Gasteiger partial charge in [0.25, 0.3) is 5.91 Å². The molecule has 0 aromatic heterocycles. The Morgan fingerprint density at radius 3 is 2.71 bits per heavy atom. The number of aryl methyl sites for hydroxylation is 1. The normalized spacial score (nSPS) is 18.3.